The maximum absolute atomic E-state index is 12.2. The van der Waals surface area contributed by atoms with Gasteiger partial charge in [-0.1, -0.05) is 34.1 Å². The van der Waals surface area contributed by atoms with Crippen molar-refractivity contribution in [3.8, 4) is 5.75 Å². The molecule has 104 valence electrons. The zero-order chi connectivity index (χ0) is 14.5. The first-order chi connectivity index (χ1) is 9.63. The third kappa shape index (κ3) is 3.39. The molecule has 0 bridgehead atoms. The summed E-state index contributed by atoms with van der Waals surface area (Å²) in [6.45, 7) is 1.97. The molecule has 0 fully saturated rings. The Labute approximate surface area is 127 Å². The zero-order valence-corrected chi connectivity index (χ0v) is 13.0. The molecule has 0 saturated heterocycles. The van der Waals surface area contributed by atoms with Gasteiger partial charge < -0.3 is 10.1 Å². The summed E-state index contributed by atoms with van der Waals surface area (Å²) < 4.78 is 5.25. The Morgan fingerprint density at radius 3 is 2.50 bits per heavy atom. The van der Waals surface area contributed by atoms with Crippen LogP contribution in [0.5, 0.6) is 5.75 Å². The average molecular weight is 334 g/mol. The molecule has 0 heterocycles. The average Bonchev–Trinajstić information content (AvgIpc) is 2.47. The van der Waals surface area contributed by atoms with Gasteiger partial charge in [-0.3, -0.25) is 4.79 Å². The van der Waals surface area contributed by atoms with Crippen LogP contribution >= 0.6 is 15.9 Å². The van der Waals surface area contributed by atoms with Crippen LogP contribution in [-0.4, -0.2) is 13.0 Å². The highest BCUT2D eigenvalue weighted by Crippen LogP contribution is 2.25. The Kier molecular flexibility index (Phi) is 4.79. The second kappa shape index (κ2) is 6.57. The van der Waals surface area contributed by atoms with Crippen molar-refractivity contribution < 1.29 is 9.53 Å². The van der Waals surface area contributed by atoms with Crippen LogP contribution < -0.4 is 10.1 Å². The highest BCUT2D eigenvalue weighted by Gasteiger charge is 2.09. The highest BCUT2D eigenvalue weighted by molar-refractivity contribution is 9.08. The van der Waals surface area contributed by atoms with Crippen molar-refractivity contribution in [3.05, 3.63) is 59.2 Å². The van der Waals surface area contributed by atoms with Crippen molar-refractivity contribution >= 4 is 27.5 Å². The molecule has 4 heteroatoms. The van der Waals surface area contributed by atoms with Crippen molar-refractivity contribution in [1.82, 2.24) is 0 Å². The lowest BCUT2D eigenvalue weighted by molar-refractivity contribution is 0.102. The summed E-state index contributed by atoms with van der Waals surface area (Å²) in [5.41, 5.74) is 3.51. The lowest BCUT2D eigenvalue weighted by Gasteiger charge is -2.11. The molecule has 2 aromatic carbocycles. The summed E-state index contributed by atoms with van der Waals surface area (Å²) in [6.07, 6.45) is 0. The lowest BCUT2D eigenvalue weighted by Crippen LogP contribution is -2.12. The number of nitrogens with one attached hydrogen (secondary N) is 1. The van der Waals surface area contributed by atoms with Gasteiger partial charge in [0.1, 0.15) is 5.75 Å². The predicted octanol–water partition coefficient (Wildman–Crippen LogP) is 4.15. The lowest BCUT2D eigenvalue weighted by atomic mass is 10.1. The molecule has 0 saturated carbocycles. The smallest absolute Gasteiger partial charge is 0.255 e. The molecule has 0 aromatic heterocycles. The molecule has 0 aliphatic rings. The van der Waals surface area contributed by atoms with E-state index in [0.717, 1.165) is 16.5 Å². The van der Waals surface area contributed by atoms with Gasteiger partial charge in [0.05, 0.1) is 12.8 Å². The number of anilines is 1. The summed E-state index contributed by atoms with van der Waals surface area (Å²) in [7, 11) is 1.59. The summed E-state index contributed by atoms with van der Waals surface area (Å²) in [5.74, 6) is 0.510. The van der Waals surface area contributed by atoms with Gasteiger partial charge in [-0.2, -0.15) is 0 Å². The normalized spacial score (nSPS) is 10.2. The Bertz CT molecular complexity index is 608. The standard InChI is InChI=1S/C16H16BrNO2/c1-11-3-8-15(20-2)14(9-11)18-16(19)13-6-4-12(10-17)5-7-13/h3-9H,10H2,1-2H3,(H,18,19). The number of hydrogen-bond donors (Lipinski definition) is 1. The monoisotopic (exact) mass is 333 g/mol. The van der Waals surface area contributed by atoms with Gasteiger partial charge in [0.25, 0.3) is 5.91 Å². The van der Waals surface area contributed by atoms with Crippen LogP contribution in [0.4, 0.5) is 5.69 Å². The molecule has 0 spiro atoms. The van der Waals surface area contributed by atoms with Crippen LogP contribution in [0, 0.1) is 6.92 Å². The van der Waals surface area contributed by atoms with E-state index in [1.807, 2.05) is 49.4 Å². The number of carbonyl (C=O) groups is 1. The molecule has 2 aromatic rings. The number of halogens is 1. The van der Waals surface area contributed by atoms with Gasteiger partial charge >= 0.3 is 0 Å². The molecule has 0 atom stereocenters. The number of methoxy groups -OCH3 is 1. The number of alkyl halides is 1. The number of amides is 1. The van der Waals surface area contributed by atoms with Crippen LogP contribution in [0.15, 0.2) is 42.5 Å². The van der Waals surface area contributed by atoms with Crippen molar-refractivity contribution in [3.63, 3.8) is 0 Å². The summed E-state index contributed by atoms with van der Waals surface area (Å²) in [6, 6.07) is 13.2. The number of benzene rings is 2. The largest absolute Gasteiger partial charge is 0.495 e. The van der Waals surface area contributed by atoms with E-state index < -0.39 is 0 Å². The molecule has 0 unspecified atom stereocenters. The third-order valence-electron chi connectivity index (χ3n) is 2.97. The summed E-state index contributed by atoms with van der Waals surface area (Å²) >= 11 is 3.38. The first-order valence-electron chi connectivity index (χ1n) is 6.25. The van der Waals surface area contributed by atoms with E-state index >= 15 is 0 Å². The van der Waals surface area contributed by atoms with E-state index in [-0.39, 0.29) is 5.91 Å². The van der Waals surface area contributed by atoms with Gasteiger partial charge in [-0.25, -0.2) is 0 Å². The first kappa shape index (κ1) is 14.6. The summed E-state index contributed by atoms with van der Waals surface area (Å²) in [5, 5.41) is 3.66. The fourth-order valence-electron chi connectivity index (χ4n) is 1.86. The van der Waals surface area contributed by atoms with Gasteiger partial charge in [0.2, 0.25) is 0 Å². The van der Waals surface area contributed by atoms with Gasteiger partial charge in [-0.05, 0) is 42.3 Å². The van der Waals surface area contributed by atoms with E-state index in [2.05, 4.69) is 21.2 Å². The maximum atomic E-state index is 12.2. The topological polar surface area (TPSA) is 38.3 Å². The highest BCUT2D eigenvalue weighted by atomic mass is 79.9. The van der Waals surface area contributed by atoms with Crippen LogP contribution in [-0.2, 0) is 5.33 Å². The SMILES string of the molecule is COc1ccc(C)cc1NC(=O)c1ccc(CBr)cc1. The number of aryl methyl sites for hydroxylation is 1. The number of hydrogen-bond acceptors (Lipinski definition) is 2. The predicted molar refractivity (Wildman–Crippen MR) is 84.8 cm³/mol. The van der Waals surface area contributed by atoms with Crippen LogP contribution in [0.1, 0.15) is 21.5 Å². The van der Waals surface area contributed by atoms with E-state index in [9.17, 15) is 4.79 Å². The zero-order valence-electron chi connectivity index (χ0n) is 11.4. The summed E-state index contributed by atoms with van der Waals surface area (Å²) in [4.78, 5) is 12.2. The minimum absolute atomic E-state index is 0.143. The Balaban J connectivity index is 2.20. The molecule has 3 nitrogen and oxygen atoms in total. The fourth-order valence-corrected chi connectivity index (χ4v) is 2.23. The fraction of sp³-hybridized carbons (Fsp3) is 0.188. The van der Waals surface area contributed by atoms with Gasteiger partial charge in [0, 0.05) is 10.9 Å². The second-order valence-electron chi connectivity index (χ2n) is 4.49. The number of carbonyl (C=O) groups excluding carboxylic acids is 1. The molecule has 1 N–H and O–H groups in total. The molecule has 1 amide bonds. The Morgan fingerprint density at radius 2 is 1.90 bits per heavy atom. The number of rotatable bonds is 4. The van der Waals surface area contributed by atoms with Crippen molar-refractivity contribution in [2.75, 3.05) is 12.4 Å². The van der Waals surface area contributed by atoms with Gasteiger partial charge in [-0.15, -0.1) is 0 Å². The van der Waals surface area contributed by atoms with E-state index in [0.29, 0.717) is 17.0 Å². The van der Waals surface area contributed by atoms with Crippen molar-refractivity contribution in [2.24, 2.45) is 0 Å². The number of ether oxygens (including phenoxy) is 1. The van der Waals surface area contributed by atoms with Crippen molar-refractivity contribution in [2.45, 2.75) is 12.3 Å². The van der Waals surface area contributed by atoms with E-state index in [4.69, 9.17) is 4.74 Å². The molecule has 0 radical (unpaired) electrons. The first-order valence-corrected chi connectivity index (χ1v) is 7.37. The van der Waals surface area contributed by atoms with Crippen LogP contribution in [0.3, 0.4) is 0 Å². The minimum Gasteiger partial charge on any atom is -0.495 e. The van der Waals surface area contributed by atoms with Crippen LogP contribution in [0.25, 0.3) is 0 Å². The molecule has 2 rings (SSSR count). The Morgan fingerprint density at radius 1 is 1.20 bits per heavy atom. The van der Waals surface area contributed by atoms with Gasteiger partial charge in [0.15, 0.2) is 0 Å². The quantitative estimate of drug-likeness (QED) is 0.853. The van der Waals surface area contributed by atoms with Crippen molar-refractivity contribution in [1.29, 1.82) is 0 Å². The molecular formula is C16H16BrNO2. The van der Waals surface area contributed by atoms with Crippen LogP contribution in [0.2, 0.25) is 0 Å². The molecular weight excluding hydrogens is 318 g/mol. The Hall–Kier alpha value is -1.81. The maximum Gasteiger partial charge on any atom is 0.255 e. The molecule has 20 heavy (non-hydrogen) atoms. The second-order valence-corrected chi connectivity index (χ2v) is 5.05. The molecule has 0 aliphatic carbocycles. The van der Waals surface area contributed by atoms with E-state index in [1.165, 1.54) is 0 Å². The molecule has 0 aliphatic heterocycles. The minimum atomic E-state index is -0.143. The third-order valence-corrected chi connectivity index (χ3v) is 3.62. The van der Waals surface area contributed by atoms with E-state index in [1.54, 1.807) is 7.11 Å².